The Morgan fingerprint density at radius 1 is 0.288 bits per heavy atom. The van der Waals surface area contributed by atoms with Gasteiger partial charge in [0.15, 0.2) is 0 Å². The molecular weight excluding hydrogens is 799 g/mol. The van der Waals surface area contributed by atoms with Gasteiger partial charge in [-0.15, -0.1) is 0 Å². The summed E-state index contributed by atoms with van der Waals surface area (Å²) in [4.78, 5) is 2.48. The second kappa shape index (κ2) is 13.7. The van der Waals surface area contributed by atoms with Crippen LogP contribution in [-0.4, -0.2) is 0 Å². The van der Waals surface area contributed by atoms with Crippen LogP contribution in [0.1, 0.15) is 47.2 Å². The van der Waals surface area contributed by atoms with E-state index in [0.717, 1.165) is 61.9 Å². The molecule has 0 aromatic heterocycles. The van der Waals surface area contributed by atoms with Crippen LogP contribution in [0.25, 0.3) is 66.8 Å². The smallest absolute Gasteiger partial charge is 0.135 e. The van der Waals surface area contributed by atoms with Gasteiger partial charge in [0.1, 0.15) is 11.5 Å². The van der Waals surface area contributed by atoms with Crippen molar-refractivity contribution in [2.75, 3.05) is 4.90 Å². The summed E-state index contributed by atoms with van der Waals surface area (Å²) in [5, 5.41) is 0. The third-order valence-electron chi connectivity index (χ3n) is 15.1. The van der Waals surface area contributed by atoms with E-state index in [-0.39, 0.29) is 5.41 Å². The van der Waals surface area contributed by atoms with Crippen LogP contribution in [0, 0.1) is 0 Å². The number of rotatable bonds is 4. The quantitative estimate of drug-likeness (QED) is 0.175. The van der Waals surface area contributed by atoms with Crippen LogP contribution in [0.3, 0.4) is 0 Å². The fraction of sp³-hybridized carbons (Fsp3) is 0.0625. The average molecular weight is 842 g/mol. The summed E-state index contributed by atoms with van der Waals surface area (Å²) in [5.41, 5.74) is 25.2. The van der Waals surface area contributed by atoms with Crippen molar-refractivity contribution in [2.24, 2.45) is 0 Å². The second-order valence-electron chi connectivity index (χ2n) is 18.8. The van der Waals surface area contributed by atoms with Gasteiger partial charge in [-0.2, -0.15) is 0 Å². The normalized spacial score (nSPS) is 14.3. The molecule has 1 spiro atoms. The number of fused-ring (bicyclic) bond motifs is 18. The highest BCUT2D eigenvalue weighted by molar-refractivity contribution is 5.98. The predicted molar refractivity (Wildman–Crippen MR) is 271 cm³/mol. The Kier molecular flexibility index (Phi) is 7.70. The second-order valence-corrected chi connectivity index (χ2v) is 18.8. The molecule has 0 bridgehead atoms. The minimum absolute atomic E-state index is 0.167. The van der Waals surface area contributed by atoms with Crippen molar-refractivity contribution in [1.29, 1.82) is 0 Å². The standard InChI is InChI=1S/C64H43NO/c1-63(2)55-24-12-8-20-47(55)51-33-29-43(38-59(51)63)65(42-31-35-61-54(37-42)46-19-7-6-18-45(46)53-32-28-41(36-62(53)66-61)40-16-4-3-5-17-40)44-30-34-52-50-23-11-15-27-58(50)64(60(52)39-44)56-25-13-9-21-48(56)49-22-10-14-26-57(49)64/h3-39H,1-2H3. The molecule has 0 radical (unpaired) electrons. The molecule has 0 amide bonds. The lowest BCUT2D eigenvalue weighted by molar-refractivity contribution is 0.488. The van der Waals surface area contributed by atoms with Gasteiger partial charge in [-0.3, -0.25) is 0 Å². The van der Waals surface area contributed by atoms with E-state index in [9.17, 15) is 0 Å². The third kappa shape index (κ3) is 5.01. The first kappa shape index (κ1) is 37.2. The topological polar surface area (TPSA) is 12.5 Å². The fourth-order valence-corrected chi connectivity index (χ4v) is 12.2. The molecule has 3 aliphatic carbocycles. The Morgan fingerprint density at radius 2 is 0.727 bits per heavy atom. The monoisotopic (exact) mass is 841 g/mol. The molecule has 0 saturated heterocycles. The van der Waals surface area contributed by atoms with Crippen molar-refractivity contribution in [3.63, 3.8) is 0 Å². The van der Waals surface area contributed by atoms with E-state index in [4.69, 9.17) is 4.74 Å². The summed E-state index contributed by atoms with van der Waals surface area (Å²) in [6.45, 7) is 4.74. The molecule has 2 nitrogen and oxygen atoms in total. The van der Waals surface area contributed by atoms with E-state index in [1.54, 1.807) is 0 Å². The molecule has 66 heavy (non-hydrogen) atoms. The summed E-state index contributed by atoms with van der Waals surface area (Å²) >= 11 is 0. The van der Waals surface area contributed by atoms with Gasteiger partial charge < -0.3 is 9.64 Å². The largest absolute Gasteiger partial charge is 0.456 e. The van der Waals surface area contributed by atoms with E-state index in [0.29, 0.717) is 0 Å². The van der Waals surface area contributed by atoms with Crippen molar-refractivity contribution in [3.05, 3.63) is 258 Å². The maximum Gasteiger partial charge on any atom is 0.135 e. The summed E-state index contributed by atoms with van der Waals surface area (Å²) in [5.74, 6) is 1.69. The number of ether oxygens (including phenoxy) is 1. The zero-order valence-corrected chi connectivity index (χ0v) is 36.7. The molecule has 1 aliphatic heterocycles. The van der Waals surface area contributed by atoms with E-state index in [2.05, 4.69) is 243 Å². The highest BCUT2D eigenvalue weighted by atomic mass is 16.5. The van der Waals surface area contributed by atoms with Gasteiger partial charge in [0.05, 0.1) is 5.41 Å². The summed E-state index contributed by atoms with van der Waals surface area (Å²) in [6, 6.07) is 83.2. The van der Waals surface area contributed by atoms with Crippen LogP contribution in [0.2, 0.25) is 0 Å². The Morgan fingerprint density at radius 3 is 1.35 bits per heavy atom. The molecule has 1 heterocycles. The maximum atomic E-state index is 7.02. The number of nitrogens with zero attached hydrogens (tertiary/aromatic N) is 1. The van der Waals surface area contributed by atoms with Gasteiger partial charge in [-0.05, 0) is 144 Å². The van der Waals surface area contributed by atoms with Gasteiger partial charge >= 0.3 is 0 Å². The first-order valence-corrected chi connectivity index (χ1v) is 23.1. The number of hydrogen-bond donors (Lipinski definition) is 0. The number of benzene rings is 10. The zero-order valence-electron chi connectivity index (χ0n) is 36.7. The predicted octanol–water partition coefficient (Wildman–Crippen LogP) is 16.9. The molecule has 10 aromatic carbocycles. The van der Waals surface area contributed by atoms with Gasteiger partial charge in [0, 0.05) is 33.6 Å². The minimum Gasteiger partial charge on any atom is -0.456 e. The Labute approximate surface area is 385 Å². The molecule has 10 aromatic rings. The van der Waals surface area contributed by atoms with Crippen LogP contribution < -0.4 is 9.64 Å². The fourth-order valence-electron chi connectivity index (χ4n) is 12.2. The number of anilines is 3. The highest BCUT2D eigenvalue weighted by Gasteiger charge is 2.51. The van der Waals surface area contributed by atoms with Crippen molar-refractivity contribution >= 4 is 17.1 Å². The molecule has 310 valence electrons. The zero-order chi connectivity index (χ0) is 43.7. The van der Waals surface area contributed by atoms with Crippen molar-refractivity contribution < 1.29 is 4.74 Å². The van der Waals surface area contributed by atoms with Crippen molar-refractivity contribution in [3.8, 4) is 78.3 Å². The molecule has 0 unspecified atom stereocenters. The van der Waals surface area contributed by atoms with Gasteiger partial charge in [-0.1, -0.05) is 184 Å². The SMILES string of the molecule is CC1(C)c2ccccc2-c2ccc(N(c3ccc4c(c3)-c3ccccc3-c3ccc(-c5ccccc5)cc3O4)c3ccc4c(c3)C3(c5ccccc5-c5ccccc53)c3ccccc3-4)cc21. The molecule has 14 rings (SSSR count). The molecular formula is C64H43NO. The lowest BCUT2D eigenvalue weighted by Crippen LogP contribution is -2.26. The minimum atomic E-state index is -0.465. The Balaban J connectivity index is 1.000. The molecule has 2 heteroatoms. The molecule has 0 fully saturated rings. The first-order valence-electron chi connectivity index (χ1n) is 23.1. The van der Waals surface area contributed by atoms with Gasteiger partial charge in [0.2, 0.25) is 0 Å². The van der Waals surface area contributed by atoms with Gasteiger partial charge in [-0.25, -0.2) is 0 Å². The van der Waals surface area contributed by atoms with Crippen LogP contribution in [0.4, 0.5) is 17.1 Å². The number of hydrogen-bond acceptors (Lipinski definition) is 2. The van der Waals surface area contributed by atoms with E-state index in [1.807, 2.05) is 0 Å². The van der Waals surface area contributed by atoms with E-state index in [1.165, 1.54) is 66.8 Å². The maximum absolute atomic E-state index is 7.02. The summed E-state index contributed by atoms with van der Waals surface area (Å²) in [6.07, 6.45) is 0. The summed E-state index contributed by atoms with van der Waals surface area (Å²) < 4.78 is 7.02. The lowest BCUT2D eigenvalue weighted by Gasteiger charge is -2.32. The molecule has 0 saturated carbocycles. The first-order chi connectivity index (χ1) is 32.5. The highest BCUT2D eigenvalue weighted by Crippen LogP contribution is 2.63. The lowest BCUT2D eigenvalue weighted by atomic mass is 9.70. The van der Waals surface area contributed by atoms with Gasteiger partial charge in [0.25, 0.3) is 0 Å². The van der Waals surface area contributed by atoms with Crippen molar-refractivity contribution in [2.45, 2.75) is 24.7 Å². The molecule has 4 aliphatic rings. The van der Waals surface area contributed by atoms with Crippen LogP contribution >= 0.6 is 0 Å². The average Bonchev–Trinajstić information content (AvgIpc) is 3.88. The van der Waals surface area contributed by atoms with E-state index < -0.39 is 5.41 Å². The van der Waals surface area contributed by atoms with Crippen LogP contribution in [0.15, 0.2) is 224 Å². The molecule has 0 atom stereocenters. The van der Waals surface area contributed by atoms with Crippen LogP contribution in [-0.2, 0) is 10.8 Å². The molecule has 0 N–H and O–H groups in total. The summed E-state index contributed by atoms with van der Waals surface area (Å²) in [7, 11) is 0. The van der Waals surface area contributed by atoms with Crippen molar-refractivity contribution in [1.82, 2.24) is 0 Å². The Hall–Kier alpha value is -8.20. The van der Waals surface area contributed by atoms with Crippen LogP contribution in [0.5, 0.6) is 11.5 Å². The Bertz CT molecular complexity index is 3610. The van der Waals surface area contributed by atoms with E-state index >= 15 is 0 Å². The third-order valence-corrected chi connectivity index (χ3v) is 15.1.